The lowest BCUT2D eigenvalue weighted by Crippen LogP contribution is -2.28. The van der Waals surface area contributed by atoms with E-state index in [4.69, 9.17) is 4.74 Å². The van der Waals surface area contributed by atoms with Gasteiger partial charge in [0.2, 0.25) is 0 Å². The van der Waals surface area contributed by atoms with E-state index in [0.717, 1.165) is 31.2 Å². The maximum Gasteiger partial charge on any atom is 0.119 e. The van der Waals surface area contributed by atoms with Crippen LogP contribution in [0.3, 0.4) is 0 Å². The third-order valence-electron chi connectivity index (χ3n) is 4.51. The summed E-state index contributed by atoms with van der Waals surface area (Å²) >= 11 is 0. The lowest BCUT2D eigenvalue weighted by atomic mass is 9.87. The highest BCUT2D eigenvalue weighted by atomic mass is 16.5. The zero-order chi connectivity index (χ0) is 14.9. The molecule has 1 N–H and O–H groups in total. The summed E-state index contributed by atoms with van der Waals surface area (Å²) in [5.41, 5.74) is 1.42. The summed E-state index contributed by atoms with van der Waals surface area (Å²) in [6.07, 6.45) is 9.41. The van der Waals surface area contributed by atoms with Crippen molar-refractivity contribution in [1.29, 1.82) is 0 Å². The first-order valence-electron chi connectivity index (χ1n) is 8.81. The fourth-order valence-corrected chi connectivity index (χ4v) is 3.41. The standard InChI is InChI=1S/C19H31NO/c1-3-15-21-18-13-11-17(12-14-18)19(20-4-2)16-9-7-5-6-8-10-16/h11-14,16,19-20H,3-10,15H2,1-2H3. The van der Waals surface area contributed by atoms with Crippen LogP contribution in [0.2, 0.25) is 0 Å². The summed E-state index contributed by atoms with van der Waals surface area (Å²) in [6.45, 7) is 6.19. The van der Waals surface area contributed by atoms with E-state index < -0.39 is 0 Å². The summed E-state index contributed by atoms with van der Waals surface area (Å²) in [6, 6.07) is 9.28. The summed E-state index contributed by atoms with van der Waals surface area (Å²) in [5.74, 6) is 1.78. The first kappa shape index (κ1) is 16.4. The molecule has 1 aliphatic rings. The summed E-state index contributed by atoms with van der Waals surface area (Å²) < 4.78 is 5.69. The molecule has 0 spiro atoms. The predicted molar refractivity (Wildman–Crippen MR) is 89.8 cm³/mol. The molecule has 0 aliphatic heterocycles. The van der Waals surface area contributed by atoms with Crippen LogP contribution in [0, 0.1) is 5.92 Å². The molecule has 0 aromatic heterocycles. The Morgan fingerprint density at radius 1 is 1.05 bits per heavy atom. The van der Waals surface area contributed by atoms with Crippen molar-refractivity contribution in [2.24, 2.45) is 5.92 Å². The lowest BCUT2D eigenvalue weighted by Gasteiger charge is -2.27. The quantitative estimate of drug-likeness (QED) is 0.705. The molecule has 21 heavy (non-hydrogen) atoms. The highest BCUT2D eigenvalue weighted by molar-refractivity contribution is 5.29. The predicted octanol–water partition coefficient (Wildman–Crippen LogP) is 5.10. The third-order valence-corrected chi connectivity index (χ3v) is 4.51. The Balaban J connectivity index is 2.05. The van der Waals surface area contributed by atoms with Crippen molar-refractivity contribution in [2.75, 3.05) is 13.2 Å². The smallest absolute Gasteiger partial charge is 0.119 e. The molecule has 0 heterocycles. The van der Waals surface area contributed by atoms with Crippen molar-refractivity contribution in [3.63, 3.8) is 0 Å². The molecule has 0 amide bonds. The van der Waals surface area contributed by atoms with E-state index in [-0.39, 0.29) is 0 Å². The van der Waals surface area contributed by atoms with Gasteiger partial charge in [-0.25, -0.2) is 0 Å². The van der Waals surface area contributed by atoms with Crippen LogP contribution in [0.5, 0.6) is 5.75 Å². The Bertz CT molecular complexity index is 379. The van der Waals surface area contributed by atoms with Crippen LogP contribution in [0.4, 0.5) is 0 Å². The van der Waals surface area contributed by atoms with Crippen molar-refractivity contribution < 1.29 is 4.74 Å². The highest BCUT2D eigenvalue weighted by Crippen LogP contribution is 2.34. The summed E-state index contributed by atoms with van der Waals surface area (Å²) in [7, 11) is 0. The number of hydrogen-bond acceptors (Lipinski definition) is 2. The molecule has 0 saturated heterocycles. The molecule has 0 radical (unpaired) electrons. The van der Waals surface area contributed by atoms with E-state index in [9.17, 15) is 0 Å². The van der Waals surface area contributed by atoms with Crippen LogP contribution < -0.4 is 10.1 Å². The van der Waals surface area contributed by atoms with E-state index >= 15 is 0 Å². The van der Waals surface area contributed by atoms with Crippen molar-refractivity contribution in [3.8, 4) is 5.75 Å². The highest BCUT2D eigenvalue weighted by Gasteiger charge is 2.23. The number of rotatable bonds is 7. The van der Waals surface area contributed by atoms with Gasteiger partial charge >= 0.3 is 0 Å². The van der Waals surface area contributed by atoms with Crippen molar-refractivity contribution in [2.45, 2.75) is 64.8 Å². The molecule has 0 bridgehead atoms. The van der Waals surface area contributed by atoms with Crippen LogP contribution in [-0.4, -0.2) is 13.2 Å². The van der Waals surface area contributed by atoms with E-state index in [1.165, 1.54) is 44.1 Å². The molecule has 2 heteroatoms. The Morgan fingerprint density at radius 2 is 1.71 bits per heavy atom. The van der Waals surface area contributed by atoms with Crippen molar-refractivity contribution in [3.05, 3.63) is 29.8 Å². The summed E-state index contributed by atoms with van der Waals surface area (Å²) in [5, 5.41) is 3.72. The normalized spacial score (nSPS) is 18.2. The molecular formula is C19H31NO. The minimum Gasteiger partial charge on any atom is -0.494 e. The maximum absolute atomic E-state index is 5.69. The zero-order valence-electron chi connectivity index (χ0n) is 13.7. The molecule has 1 aliphatic carbocycles. The summed E-state index contributed by atoms with van der Waals surface area (Å²) in [4.78, 5) is 0. The van der Waals surface area contributed by atoms with Gasteiger partial charge in [-0.3, -0.25) is 0 Å². The van der Waals surface area contributed by atoms with Gasteiger partial charge in [0, 0.05) is 6.04 Å². The number of hydrogen-bond donors (Lipinski definition) is 1. The first-order chi connectivity index (χ1) is 10.3. The van der Waals surface area contributed by atoms with Gasteiger partial charge in [-0.15, -0.1) is 0 Å². The Kier molecular flexibility index (Phi) is 7.08. The molecule has 1 saturated carbocycles. The fraction of sp³-hybridized carbons (Fsp3) is 0.684. The van der Waals surface area contributed by atoms with Crippen LogP contribution >= 0.6 is 0 Å². The van der Waals surface area contributed by atoms with Gasteiger partial charge in [-0.1, -0.05) is 51.7 Å². The van der Waals surface area contributed by atoms with Crippen LogP contribution in [0.15, 0.2) is 24.3 Å². The fourth-order valence-electron chi connectivity index (χ4n) is 3.41. The molecule has 118 valence electrons. The topological polar surface area (TPSA) is 21.3 Å². The number of nitrogens with one attached hydrogen (secondary N) is 1. The van der Waals surface area contributed by atoms with Gasteiger partial charge in [0.05, 0.1) is 6.61 Å². The third kappa shape index (κ3) is 5.03. The second-order valence-electron chi connectivity index (χ2n) is 6.20. The lowest BCUT2D eigenvalue weighted by molar-refractivity contribution is 0.315. The van der Waals surface area contributed by atoms with E-state index in [1.807, 2.05) is 0 Å². The van der Waals surface area contributed by atoms with Crippen molar-refractivity contribution in [1.82, 2.24) is 5.32 Å². The Hall–Kier alpha value is -1.02. The number of benzene rings is 1. The molecule has 2 rings (SSSR count). The molecule has 1 unspecified atom stereocenters. The second kappa shape index (κ2) is 9.09. The van der Waals surface area contributed by atoms with Gasteiger partial charge in [-0.2, -0.15) is 0 Å². The minimum absolute atomic E-state index is 0.508. The molecule has 1 aromatic rings. The van der Waals surface area contributed by atoms with Gasteiger partial charge in [-0.05, 0) is 49.4 Å². The molecule has 2 nitrogen and oxygen atoms in total. The first-order valence-corrected chi connectivity index (χ1v) is 8.81. The zero-order valence-corrected chi connectivity index (χ0v) is 13.7. The molecule has 1 fully saturated rings. The van der Waals surface area contributed by atoms with E-state index in [2.05, 4.69) is 43.4 Å². The van der Waals surface area contributed by atoms with Crippen molar-refractivity contribution >= 4 is 0 Å². The molecular weight excluding hydrogens is 258 g/mol. The van der Waals surface area contributed by atoms with Crippen LogP contribution in [-0.2, 0) is 0 Å². The van der Waals surface area contributed by atoms with Gasteiger partial charge < -0.3 is 10.1 Å². The average Bonchev–Trinajstić information content (AvgIpc) is 2.80. The van der Waals surface area contributed by atoms with Gasteiger partial charge in [0.15, 0.2) is 0 Å². The Labute approximate surface area is 130 Å². The SMILES string of the molecule is CCCOc1ccc(C(NCC)C2CCCCCC2)cc1. The number of ether oxygens (including phenoxy) is 1. The largest absolute Gasteiger partial charge is 0.494 e. The molecule has 1 aromatic carbocycles. The maximum atomic E-state index is 5.69. The van der Waals surface area contributed by atoms with E-state index in [0.29, 0.717) is 6.04 Å². The van der Waals surface area contributed by atoms with Crippen LogP contribution in [0.1, 0.15) is 70.4 Å². The Morgan fingerprint density at radius 3 is 2.29 bits per heavy atom. The minimum atomic E-state index is 0.508. The van der Waals surface area contributed by atoms with Crippen LogP contribution in [0.25, 0.3) is 0 Å². The van der Waals surface area contributed by atoms with Gasteiger partial charge in [0.25, 0.3) is 0 Å². The monoisotopic (exact) mass is 289 g/mol. The average molecular weight is 289 g/mol. The second-order valence-corrected chi connectivity index (χ2v) is 6.20. The molecule has 1 atom stereocenters. The van der Waals surface area contributed by atoms with Gasteiger partial charge in [0.1, 0.15) is 5.75 Å². The van der Waals surface area contributed by atoms with E-state index in [1.54, 1.807) is 0 Å².